The molecule has 0 saturated heterocycles. The third kappa shape index (κ3) is 3.30. The molecule has 0 bridgehead atoms. The molecular weight excluding hydrogens is 322 g/mol. The number of anilines is 1. The number of carbonyl (C=O) groups excluding carboxylic acids is 1. The zero-order valence-electron chi connectivity index (χ0n) is 13.9. The van der Waals surface area contributed by atoms with E-state index in [0.717, 1.165) is 4.68 Å². The van der Waals surface area contributed by atoms with E-state index < -0.39 is 11.5 Å². The van der Waals surface area contributed by atoms with Crippen LogP contribution in [0.5, 0.6) is 0 Å². The minimum absolute atomic E-state index is 0.0110. The molecule has 0 aromatic carbocycles. The number of aromatic nitrogens is 6. The highest BCUT2D eigenvalue weighted by Crippen LogP contribution is 2.13. The second-order valence-corrected chi connectivity index (χ2v) is 5.69. The fourth-order valence-electron chi connectivity index (χ4n) is 2.32. The van der Waals surface area contributed by atoms with Crippen LogP contribution in [-0.2, 0) is 11.3 Å². The molecule has 0 spiro atoms. The third-order valence-electron chi connectivity index (χ3n) is 3.49. The number of fused-ring (bicyclic) bond motifs is 1. The zero-order valence-corrected chi connectivity index (χ0v) is 13.9. The van der Waals surface area contributed by atoms with Crippen molar-refractivity contribution in [1.82, 2.24) is 29.4 Å². The smallest absolute Gasteiger partial charge is 0.293 e. The topological polar surface area (TPSA) is 107 Å². The van der Waals surface area contributed by atoms with E-state index >= 15 is 0 Å². The highest BCUT2D eigenvalue weighted by molar-refractivity contribution is 5.89. The molecular formula is C16H17N7O2. The van der Waals surface area contributed by atoms with Crippen LogP contribution in [0.3, 0.4) is 0 Å². The van der Waals surface area contributed by atoms with Crippen LogP contribution in [0.1, 0.15) is 31.3 Å². The number of hydrogen-bond donors (Lipinski definition) is 1. The molecule has 0 atom stereocenters. The first-order chi connectivity index (χ1) is 12.0. The molecule has 25 heavy (non-hydrogen) atoms. The molecule has 3 heterocycles. The van der Waals surface area contributed by atoms with Crippen molar-refractivity contribution in [1.29, 1.82) is 0 Å². The maximum atomic E-state index is 12.6. The van der Waals surface area contributed by atoms with E-state index in [9.17, 15) is 9.59 Å². The summed E-state index contributed by atoms with van der Waals surface area (Å²) < 4.78 is 2.64. The van der Waals surface area contributed by atoms with Crippen molar-refractivity contribution in [3.05, 3.63) is 53.1 Å². The van der Waals surface area contributed by atoms with Crippen molar-refractivity contribution in [3.63, 3.8) is 0 Å². The normalized spacial score (nSPS) is 11.0. The number of rotatable bonds is 5. The lowest BCUT2D eigenvalue weighted by molar-refractivity contribution is -0.117. The Morgan fingerprint density at radius 3 is 2.84 bits per heavy atom. The summed E-state index contributed by atoms with van der Waals surface area (Å²) in [7, 11) is 0. The van der Waals surface area contributed by atoms with Crippen LogP contribution in [0.2, 0.25) is 0 Å². The van der Waals surface area contributed by atoms with Crippen molar-refractivity contribution in [2.24, 2.45) is 0 Å². The Hall–Kier alpha value is -3.36. The van der Waals surface area contributed by atoms with Gasteiger partial charge in [-0.15, -0.1) is 0 Å². The van der Waals surface area contributed by atoms with E-state index in [0.29, 0.717) is 22.9 Å². The van der Waals surface area contributed by atoms with Crippen molar-refractivity contribution < 1.29 is 4.79 Å². The third-order valence-corrected chi connectivity index (χ3v) is 3.49. The Morgan fingerprint density at radius 1 is 1.40 bits per heavy atom. The van der Waals surface area contributed by atoms with E-state index in [1.165, 1.54) is 17.0 Å². The van der Waals surface area contributed by atoms with Gasteiger partial charge in [0.15, 0.2) is 5.82 Å². The van der Waals surface area contributed by atoms with Crippen LogP contribution in [0, 0.1) is 0 Å². The first kappa shape index (κ1) is 16.5. The second kappa shape index (κ2) is 6.63. The monoisotopic (exact) mass is 339 g/mol. The number of hydrogen-bond acceptors (Lipinski definition) is 6. The molecule has 0 saturated carbocycles. The van der Waals surface area contributed by atoms with E-state index in [1.807, 2.05) is 13.8 Å². The van der Waals surface area contributed by atoms with E-state index in [-0.39, 0.29) is 12.5 Å². The van der Waals surface area contributed by atoms with E-state index in [1.54, 1.807) is 18.2 Å². The van der Waals surface area contributed by atoms with Crippen LogP contribution in [0.25, 0.3) is 11.6 Å². The van der Waals surface area contributed by atoms with Gasteiger partial charge in [-0.2, -0.15) is 10.2 Å². The quantitative estimate of drug-likeness (QED) is 0.745. The van der Waals surface area contributed by atoms with Crippen LogP contribution in [0.4, 0.5) is 5.82 Å². The van der Waals surface area contributed by atoms with Crippen LogP contribution >= 0.6 is 0 Å². The number of amides is 1. The standard InChI is InChI=1S/C16H17N7O2/c1-4-11-7-12-16(25)22(21-15(10(2)3)23(12)20-11)8-14(24)19-13-5-6-17-9-18-13/h4-7,9-10H,1,8H2,2-3H3,(H,17,18,19,24). The molecule has 0 aliphatic carbocycles. The Kier molecular flexibility index (Phi) is 4.38. The molecule has 9 nitrogen and oxygen atoms in total. The van der Waals surface area contributed by atoms with E-state index in [2.05, 4.69) is 32.1 Å². The highest BCUT2D eigenvalue weighted by atomic mass is 16.2. The molecule has 128 valence electrons. The van der Waals surface area contributed by atoms with E-state index in [4.69, 9.17) is 0 Å². The van der Waals surface area contributed by atoms with Crippen LogP contribution in [0.15, 0.2) is 36.0 Å². The lowest BCUT2D eigenvalue weighted by Crippen LogP contribution is -2.32. The van der Waals surface area contributed by atoms with Gasteiger partial charge in [0.2, 0.25) is 5.91 Å². The lowest BCUT2D eigenvalue weighted by Gasteiger charge is -2.11. The average molecular weight is 339 g/mol. The molecule has 3 aromatic heterocycles. The first-order valence-corrected chi connectivity index (χ1v) is 7.68. The fraction of sp³-hybridized carbons (Fsp3) is 0.250. The largest absolute Gasteiger partial charge is 0.309 e. The summed E-state index contributed by atoms with van der Waals surface area (Å²) in [5.74, 6) is 0.543. The molecule has 3 rings (SSSR count). The molecule has 0 aliphatic rings. The van der Waals surface area contributed by atoms with Crippen LogP contribution < -0.4 is 10.9 Å². The SMILES string of the molecule is C=Cc1cc2c(=O)n(CC(=O)Nc3ccncn3)nc(C(C)C)n2n1. The first-order valence-electron chi connectivity index (χ1n) is 7.68. The second-order valence-electron chi connectivity index (χ2n) is 5.69. The van der Waals surface area contributed by atoms with Gasteiger partial charge in [0.05, 0.1) is 5.69 Å². The number of carbonyl (C=O) groups is 1. The summed E-state index contributed by atoms with van der Waals surface area (Å²) in [4.78, 5) is 32.5. The minimum Gasteiger partial charge on any atom is -0.309 e. The summed E-state index contributed by atoms with van der Waals surface area (Å²) in [6, 6.07) is 3.19. The fourth-order valence-corrected chi connectivity index (χ4v) is 2.32. The maximum absolute atomic E-state index is 12.6. The summed E-state index contributed by atoms with van der Waals surface area (Å²) in [5, 5.41) is 11.2. The molecule has 1 amide bonds. The van der Waals surface area contributed by atoms with Gasteiger partial charge in [0.25, 0.3) is 5.56 Å². The molecule has 3 aromatic rings. The van der Waals surface area contributed by atoms with Crippen molar-refractivity contribution >= 4 is 23.3 Å². The van der Waals surface area contributed by atoms with Gasteiger partial charge in [-0.1, -0.05) is 20.4 Å². The summed E-state index contributed by atoms with van der Waals surface area (Å²) >= 11 is 0. The number of nitrogens with zero attached hydrogens (tertiary/aromatic N) is 6. The van der Waals surface area contributed by atoms with Crippen molar-refractivity contribution in [2.75, 3.05) is 5.32 Å². The molecule has 0 aliphatic heterocycles. The summed E-state index contributed by atoms with van der Waals surface area (Å²) in [6.45, 7) is 7.31. The maximum Gasteiger partial charge on any atom is 0.293 e. The number of nitrogens with one attached hydrogen (secondary N) is 1. The lowest BCUT2D eigenvalue weighted by atomic mass is 10.2. The molecule has 1 N–H and O–H groups in total. The van der Waals surface area contributed by atoms with Gasteiger partial charge in [-0.25, -0.2) is 19.2 Å². The predicted molar refractivity (Wildman–Crippen MR) is 92.1 cm³/mol. The summed E-state index contributed by atoms with van der Waals surface area (Å²) in [6.07, 6.45) is 4.40. The Balaban J connectivity index is 1.98. The minimum atomic E-state index is -0.407. The van der Waals surface area contributed by atoms with Crippen LogP contribution in [-0.4, -0.2) is 35.3 Å². The Morgan fingerprint density at radius 2 is 2.20 bits per heavy atom. The van der Waals surface area contributed by atoms with Gasteiger partial charge in [-0.05, 0) is 18.2 Å². The van der Waals surface area contributed by atoms with Gasteiger partial charge >= 0.3 is 0 Å². The average Bonchev–Trinajstić information content (AvgIpc) is 3.02. The highest BCUT2D eigenvalue weighted by Gasteiger charge is 2.17. The molecule has 0 unspecified atom stereocenters. The summed E-state index contributed by atoms with van der Waals surface area (Å²) in [5.41, 5.74) is 0.523. The molecule has 0 fully saturated rings. The van der Waals surface area contributed by atoms with Crippen molar-refractivity contribution in [2.45, 2.75) is 26.3 Å². The van der Waals surface area contributed by atoms with Gasteiger partial charge in [0, 0.05) is 12.1 Å². The Bertz CT molecular complexity index is 989. The Labute approximate surface area is 143 Å². The van der Waals surface area contributed by atoms with Crippen molar-refractivity contribution in [3.8, 4) is 0 Å². The zero-order chi connectivity index (χ0) is 18.0. The van der Waals surface area contributed by atoms with Gasteiger partial charge < -0.3 is 5.32 Å². The molecule has 9 heteroatoms. The van der Waals surface area contributed by atoms with Gasteiger partial charge in [-0.3, -0.25) is 9.59 Å². The molecule has 0 radical (unpaired) electrons. The van der Waals surface area contributed by atoms with Gasteiger partial charge in [0.1, 0.15) is 24.2 Å². The predicted octanol–water partition coefficient (Wildman–Crippen LogP) is 1.09.